The van der Waals surface area contributed by atoms with Gasteiger partial charge in [0.15, 0.2) is 0 Å². The summed E-state index contributed by atoms with van der Waals surface area (Å²) >= 11 is 0. The minimum atomic E-state index is 0.127. The summed E-state index contributed by atoms with van der Waals surface area (Å²) in [6.45, 7) is 4.20. The molecule has 1 saturated carbocycles. The molecule has 0 heterocycles. The molecule has 16 heavy (non-hydrogen) atoms. The first kappa shape index (κ1) is 13.5. The summed E-state index contributed by atoms with van der Waals surface area (Å²) in [5, 5.41) is 6.04. The van der Waals surface area contributed by atoms with Crippen molar-refractivity contribution in [3.8, 4) is 0 Å². The lowest BCUT2D eigenvalue weighted by Gasteiger charge is -2.28. The topological polar surface area (TPSA) is 41.1 Å². The Balaban J connectivity index is 2.06. The van der Waals surface area contributed by atoms with Gasteiger partial charge in [0.05, 0.1) is 0 Å². The summed E-state index contributed by atoms with van der Waals surface area (Å²) in [5.74, 6) is 1.91. The standard InChI is InChI=1S/C13H26N2O/c1-3-11-5-4-6-12(9-11)10-15-8-7-13(16)14-2/h11-12,15H,3-10H2,1-2H3,(H,14,16). The maximum Gasteiger partial charge on any atom is 0.221 e. The van der Waals surface area contributed by atoms with E-state index in [1.54, 1.807) is 7.05 Å². The summed E-state index contributed by atoms with van der Waals surface area (Å²) in [4.78, 5) is 11.0. The second-order valence-corrected chi connectivity index (χ2v) is 4.93. The van der Waals surface area contributed by atoms with Gasteiger partial charge in [-0.05, 0) is 31.2 Å². The molecule has 1 aliphatic rings. The van der Waals surface area contributed by atoms with Crippen LogP contribution in [0.25, 0.3) is 0 Å². The van der Waals surface area contributed by atoms with Crippen LogP contribution in [0.2, 0.25) is 0 Å². The van der Waals surface area contributed by atoms with Gasteiger partial charge in [-0.1, -0.05) is 26.2 Å². The van der Waals surface area contributed by atoms with Crippen LogP contribution in [0.4, 0.5) is 0 Å². The van der Waals surface area contributed by atoms with Gasteiger partial charge in [0, 0.05) is 20.0 Å². The lowest BCUT2D eigenvalue weighted by atomic mass is 9.80. The molecule has 0 radical (unpaired) electrons. The highest BCUT2D eigenvalue weighted by Gasteiger charge is 2.20. The minimum Gasteiger partial charge on any atom is -0.359 e. The van der Waals surface area contributed by atoms with Gasteiger partial charge in [-0.25, -0.2) is 0 Å². The van der Waals surface area contributed by atoms with Crippen molar-refractivity contribution in [2.24, 2.45) is 11.8 Å². The quantitative estimate of drug-likeness (QED) is 0.679. The smallest absolute Gasteiger partial charge is 0.221 e. The van der Waals surface area contributed by atoms with Gasteiger partial charge in [0.25, 0.3) is 0 Å². The summed E-state index contributed by atoms with van der Waals surface area (Å²) in [6, 6.07) is 0. The Morgan fingerprint density at radius 1 is 1.31 bits per heavy atom. The number of carbonyl (C=O) groups excluding carboxylic acids is 1. The first-order valence-corrected chi connectivity index (χ1v) is 6.67. The second kappa shape index (κ2) is 7.66. The fourth-order valence-electron chi connectivity index (χ4n) is 2.59. The van der Waals surface area contributed by atoms with Crippen LogP contribution in [-0.4, -0.2) is 26.0 Å². The molecule has 0 spiro atoms. The number of carbonyl (C=O) groups is 1. The van der Waals surface area contributed by atoms with Crippen molar-refractivity contribution in [2.45, 2.75) is 45.4 Å². The van der Waals surface area contributed by atoms with Crippen LogP contribution in [-0.2, 0) is 4.79 Å². The lowest BCUT2D eigenvalue weighted by Crippen LogP contribution is -2.30. The predicted molar refractivity (Wildman–Crippen MR) is 67.3 cm³/mol. The SMILES string of the molecule is CCC1CCCC(CNCCC(=O)NC)C1. The van der Waals surface area contributed by atoms with Crippen molar-refractivity contribution in [2.75, 3.05) is 20.1 Å². The molecule has 2 unspecified atom stereocenters. The zero-order valence-electron chi connectivity index (χ0n) is 10.7. The summed E-state index contributed by atoms with van der Waals surface area (Å²) in [5.41, 5.74) is 0. The Morgan fingerprint density at radius 3 is 2.75 bits per heavy atom. The molecule has 0 aromatic carbocycles. The average molecular weight is 226 g/mol. The third-order valence-electron chi connectivity index (χ3n) is 3.71. The van der Waals surface area contributed by atoms with Gasteiger partial charge in [0.2, 0.25) is 5.91 Å². The third kappa shape index (κ3) is 4.97. The molecule has 0 aromatic rings. The Morgan fingerprint density at radius 2 is 2.06 bits per heavy atom. The number of nitrogens with one attached hydrogen (secondary N) is 2. The van der Waals surface area contributed by atoms with Gasteiger partial charge < -0.3 is 10.6 Å². The highest BCUT2D eigenvalue weighted by Crippen LogP contribution is 2.30. The maximum atomic E-state index is 11.0. The van der Waals surface area contributed by atoms with E-state index in [1.165, 1.54) is 32.1 Å². The van der Waals surface area contributed by atoms with Gasteiger partial charge >= 0.3 is 0 Å². The largest absolute Gasteiger partial charge is 0.359 e. The predicted octanol–water partition coefficient (Wildman–Crippen LogP) is 1.93. The second-order valence-electron chi connectivity index (χ2n) is 4.93. The molecule has 1 fully saturated rings. The average Bonchev–Trinajstić information content (AvgIpc) is 2.34. The van der Waals surface area contributed by atoms with Crippen molar-refractivity contribution in [1.82, 2.24) is 10.6 Å². The van der Waals surface area contributed by atoms with Crippen molar-refractivity contribution in [3.05, 3.63) is 0 Å². The molecular formula is C13H26N2O. The van der Waals surface area contributed by atoms with Crippen LogP contribution in [0, 0.1) is 11.8 Å². The van der Waals surface area contributed by atoms with E-state index < -0.39 is 0 Å². The molecule has 0 aliphatic heterocycles. The molecular weight excluding hydrogens is 200 g/mol. The zero-order chi connectivity index (χ0) is 11.8. The van der Waals surface area contributed by atoms with E-state index in [0.717, 1.165) is 24.9 Å². The summed E-state index contributed by atoms with van der Waals surface area (Å²) in [7, 11) is 1.69. The van der Waals surface area contributed by atoms with Crippen LogP contribution in [0.1, 0.15) is 45.4 Å². The van der Waals surface area contributed by atoms with Crippen molar-refractivity contribution >= 4 is 5.91 Å². The number of amides is 1. The van der Waals surface area contributed by atoms with Crippen LogP contribution in [0.15, 0.2) is 0 Å². The monoisotopic (exact) mass is 226 g/mol. The van der Waals surface area contributed by atoms with Crippen molar-refractivity contribution in [1.29, 1.82) is 0 Å². The number of hydrogen-bond donors (Lipinski definition) is 2. The summed E-state index contributed by atoms with van der Waals surface area (Å²) < 4.78 is 0. The van der Waals surface area contributed by atoms with Crippen molar-refractivity contribution < 1.29 is 4.79 Å². The van der Waals surface area contributed by atoms with Gasteiger partial charge in [-0.15, -0.1) is 0 Å². The molecule has 94 valence electrons. The highest BCUT2D eigenvalue weighted by molar-refractivity contribution is 5.75. The van der Waals surface area contributed by atoms with Crippen LogP contribution in [0.3, 0.4) is 0 Å². The first-order chi connectivity index (χ1) is 7.76. The number of rotatable bonds is 6. The van der Waals surface area contributed by atoms with Gasteiger partial charge in [-0.3, -0.25) is 4.79 Å². The minimum absolute atomic E-state index is 0.127. The Labute approximate surface area is 99.4 Å². The fraction of sp³-hybridized carbons (Fsp3) is 0.923. The maximum absolute atomic E-state index is 11.0. The molecule has 2 atom stereocenters. The number of hydrogen-bond acceptors (Lipinski definition) is 2. The fourth-order valence-corrected chi connectivity index (χ4v) is 2.59. The van der Waals surface area contributed by atoms with E-state index in [2.05, 4.69) is 17.6 Å². The van der Waals surface area contributed by atoms with Crippen LogP contribution < -0.4 is 10.6 Å². The van der Waals surface area contributed by atoms with Crippen LogP contribution in [0.5, 0.6) is 0 Å². The third-order valence-corrected chi connectivity index (χ3v) is 3.71. The normalized spacial score (nSPS) is 25.4. The van der Waals surface area contributed by atoms with Gasteiger partial charge in [0.1, 0.15) is 0 Å². The Kier molecular flexibility index (Phi) is 6.46. The van der Waals surface area contributed by atoms with E-state index in [4.69, 9.17) is 0 Å². The molecule has 0 bridgehead atoms. The van der Waals surface area contributed by atoms with E-state index in [-0.39, 0.29) is 5.91 Å². The zero-order valence-corrected chi connectivity index (χ0v) is 10.7. The van der Waals surface area contributed by atoms with Gasteiger partial charge in [-0.2, -0.15) is 0 Å². The lowest BCUT2D eigenvalue weighted by molar-refractivity contribution is -0.120. The van der Waals surface area contributed by atoms with E-state index >= 15 is 0 Å². The van der Waals surface area contributed by atoms with Crippen molar-refractivity contribution in [3.63, 3.8) is 0 Å². The molecule has 3 heteroatoms. The van der Waals surface area contributed by atoms with Crippen LogP contribution >= 0.6 is 0 Å². The van der Waals surface area contributed by atoms with E-state index in [1.807, 2.05) is 0 Å². The first-order valence-electron chi connectivity index (χ1n) is 6.67. The Bertz CT molecular complexity index is 206. The molecule has 2 N–H and O–H groups in total. The van der Waals surface area contributed by atoms with E-state index in [0.29, 0.717) is 6.42 Å². The Hall–Kier alpha value is -0.570. The highest BCUT2D eigenvalue weighted by atomic mass is 16.1. The molecule has 1 amide bonds. The molecule has 3 nitrogen and oxygen atoms in total. The summed E-state index contributed by atoms with van der Waals surface area (Å²) in [6.07, 6.45) is 7.48. The molecule has 1 rings (SSSR count). The van der Waals surface area contributed by atoms with E-state index in [9.17, 15) is 4.79 Å². The molecule has 1 aliphatic carbocycles. The molecule has 0 aromatic heterocycles. The molecule has 0 saturated heterocycles.